The van der Waals surface area contributed by atoms with Crippen LogP contribution in [0.1, 0.15) is 43.0 Å². The first kappa shape index (κ1) is 18.2. The molecular formula is C21H28N4O2. The molecule has 1 aliphatic heterocycles. The maximum atomic E-state index is 12.8. The molecule has 6 heteroatoms. The van der Waals surface area contributed by atoms with Gasteiger partial charge in [-0.05, 0) is 24.5 Å². The van der Waals surface area contributed by atoms with E-state index in [1.807, 2.05) is 28.9 Å². The van der Waals surface area contributed by atoms with Gasteiger partial charge in [-0.25, -0.2) is 0 Å². The highest BCUT2D eigenvalue weighted by Crippen LogP contribution is 2.23. The molecule has 2 aromatic rings. The van der Waals surface area contributed by atoms with Crippen LogP contribution in [-0.2, 0) is 22.7 Å². The molecule has 27 heavy (non-hydrogen) atoms. The predicted molar refractivity (Wildman–Crippen MR) is 103 cm³/mol. The number of rotatable bonds is 7. The normalized spacial score (nSPS) is 20.5. The lowest BCUT2D eigenvalue weighted by Crippen LogP contribution is -2.47. The Labute approximate surface area is 160 Å². The average molecular weight is 368 g/mol. The van der Waals surface area contributed by atoms with E-state index in [2.05, 4.69) is 27.4 Å². The summed E-state index contributed by atoms with van der Waals surface area (Å²) in [6, 6.07) is 12.3. The Morgan fingerprint density at radius 1 is 1.19 bits per heavy atom. The van der Waals surface area contributed by atoms with E-state index < -0.39 is 0 Å². The van der Waals surface area contributed by atoms with Crippen LogP contribution < -0.4 is 5.32 Å². The first-order valence-corrected chi connectivity index (χ1v) is 9.96. The van der Waals surface area contributed by atoms with Crippen molar-refractivity contribution in [3.63, 3.8) is 0 Å². The molecule has 1 saturated carbocycles. The van der Waals surface area contributed by atoms with Crippen molar-refractivity contribution in [2.45, 2.75) is 50.9 Å². The molecule has 1 fully saturated rings. The van der Waals surface area contributed by atoms with Gasteiger partial charge in [0.05, 0.1) is 18.9 Å². The van der Waals surface area contributed by atoms with Gasteiger partial charge in [0, 0.05) is 31.9 Å². The van der Waals surface area contributed by atoms with Crippen LogP contribution in [-0.4, -0.2) is 46.3 Å². The van der Waals surface area contributed by atoms with Crippen LogP contribution in [0.25, 0.3) is 0 Å². The van der Waals surface area contributed by atoms with Gasteiger partial charge in [-0.2, -0.15) is 5.10 Å². The zero-order valence-corrected chi connectivity index (χ0v) is 15.7. The van der Waals surface area contributed by atoms with Gasteiger partial charge in [0.15, 0.2) is 0 Å². The Balaban J connectivity index is 1.31. The van der Waals surface area contributed by atoms with Gasteiger partial charge < -0.3 is 10.1 Å². The zero-order valence-electron chi connectivity index (χ0n) is 15.7. The third kappa shape index (κ3) is 4.57. The summed E-state index contributed by atoms with van der Waals surface area (Å²) in [7, 11) is 0. The topological polar surface area (TPSA) is 59.4 Å². The molecule has 1 atom stereocenters. The number of hydrogen-bond donors (Lipinski definition) is 1. The molecule has 0 bridgehead atoms. The van der Waals surface area contributed by atoms with Crippen molar-refractivity contribution < 1.29 is 9.53 Å². The Morgan fingerprint density at radius 3 is 2.81 bits per heavy atom. The highest BCUT2D eigenvalue weighted by Gasteiger charge is 2.32. The Bertz CT molecular complexity index is 740. The van der Waals surface area contributed by atoms with Gasteiger partial charge in [-0.15, -0.1) is 0 Å². The highest BCUT2D eigenvalue weighted by atomic mass is 16.5. The highest BCUT2D eigenvalue weighted by molar-refractivity contribution is 5.81. The molecule has 2 heterocycles. The summed E-state index contributed by atoms with van der Waals surface area (Å²) in [5.74, 6) is 0.0988. The Kier molecular flexibility index (Phi) is 5.84. The van der Waals surface area contributed by atoms with Crippen LogP contribution in [0.5, 0.6) is 0 Å². The summed E-state index contributed by atoms with van der Waals surface area (Å²) in [6.07, 6.45) is 6.42. The van der Waals surface area contributed by atoms with Gasteiger partial charge in [-0.1, -0.05) is 43.2 Å². The minimum atomic E-state index is -0.251. The quantitative estimate of drug-likeness (QED) is 0.763. The van der Waals surface area contributed by atoms with Crippen molar-refractivity contribution in [1.29, 1.82) is 0 Å². The lowest BCUT2D eigenvalue weighted by molar-refractivity contribution is -0.126. The summed E-state index contributed by atoms with van der Waals surface area (Å²) < 4.78 is 7.73. The fraction of sp³-hybridized carbons (Fsp3) is 0.524. The summed E-state index contributed by atoms with van der Waals surface area (Å²) in [5, 5.41) is 7.63. The fourth-order valence-corrected chi connectivity index (χ4v) is 4.05. The van der Waals surface area contributed by atoms with E-state index in [9.17, 15) is 4.79 Å². The minimum absolute atomic E-state index is 0.0988. The second-order valence-electron chi connectivity index (χ2n) is 7.55. The first-order valence-electron chi connectivity index (χ1n) is 9.96. The maximum absolute atomic E-state index is 12.8. The number of ether oxygens (including phenoxy) is 1. The number of amides is 1. The van der Waals surface area contributed by atoms with Gasteiger partial charge in [0.2, 0.25) is 5.91 Å². The molecule has 0 spiro atoms. The molecule has 4 rings (SSSR count). The number of benzene rings is 1. The van der Waals surface area contributed by atoms with E-state index in [4.69, 9.17) is 4.74 Å². The number of carbonyl (C=O) groups is 1. The Hall–Kier alpha value is -2.18. The molecule has 1 amide bonds. The van der Waals surface area contributed by atoms with Crippen LogP contribution in [0, 0.1) is 0 Å². The van der Waals surface area contributed by atoms with Crippen LogP contribution in [0.15, 0.2) is 42.6 Å². The molecular weight excluding hydrogens is 340 g/mol. The number of hydrogen-bond acceptors (Lipinski definition) is 4. The fourth-order valence-electron chi connectivity index (χ4n) is 4.05. The predicted octanol–water partition coefficient (Wildman–Crippen LogP) is 2.52. The smallest absolute Gasteiger partial charge is 0.246 e. The minimum Gasteiger partial charge on any atom is -0.375 e. The number of fused-ring (bicyclic) bond motifs is 1. The van der Waals surface area contributed by atoms with Crippen molar-refractivity contribution in [3.8, 4) is 0 Å². The molecule has 0 unspecified atom stereocenters. The van der Waals surface area contributed by atoms with E-state index in [-0.39, 0.29) is 11.9 Å². The number of aromatic nitrogens is 2. The average Bonchev–Trinajstić information content (AvgIpc) is 3.37. The summed E-state index contributed by atoms with van der Waals surface area (Å²) >= 11 is 0. The Morgan fingerprint density at radius 2 is 2.00 bits per heavy atom. The van der Waals surface area contributed by atoms with Crippen LogP contribution in [0.2, 0.25) is 0 Å². The van der Waals surface area contributed by atoms with Crippen molar-refractivity contribution in [1.82, 2.24) is 20.0 Å². The van der Waals surface area contributed by atoms with Crippen molar-refractivity contribution >= 4 is 5.91 Å². The maximum Gasteiger partial charge on any atom is 0.246 e. The summed E-state index contributed by atoms with van der Waals surface area (Å²) in [4.78, 5) is 15.1. The van der Waals surface area contributed by atoms with Crippen LogP contribution in [0.4, 0.5) is 0 Å². The molecule has 1 aromatic heterocycles. The third-order valence-corrected chi connectivity index (χ3v) is 5.53. The lowest BCUT2D eigenvalue weighted by atomic mass is 10.1. The monoisotopic (exact) mass is 368 g/mol. The van der Waals surface area contributed by atoms with Gasteiger partial charge in [0.1, 0.15) is 6.04 Å². The van der Waals surface area contributed by atoms with Crippen molar-refractivity contribution in [2.75, 3.05) is 19.7 Å². The molecule has 1 aliphatic carbocycles. The van der Waals surface area contributed by atoms with E-state index in [0.29, 0.717) is 25.8 Å². The zero-order chi connectivity index (χ0) is 18.5. The number of carbonyl (C=O) groups excluding carboxylic acids is 1. The molecule has 1 aromatic carbocycles. The molecule has 1 N–H and O–H groups in total. The van der Waals surface area contributed by atoms with Crippen LogP contribution in [0.3, 0.4) is 0 Å². The van der Waals surface area contributed by atoms with E-state index in [1.54, 1.807) is 6.20 Å². The van der Waals surface area contributed by atoms with Crippen molar-refractivity contribution in [3.05, 3.63) is 53.9 Å². The SMILES string of the molecule is O=C(NC1CCCC1)[C@@H]1CN(CCOCc2ccccc2)Cc2ccnn21. The van der Waals surface area contributed by atoms with Gasteiger partial charge >= 0.3 is 0 Å². The van der Waals surface area contributed by atoms with Crippen LogP contribution >= 0.6 is 0 Å². The second-order valence-corrected chi connectivity index (χ2v) is 7.55. The molecule has 144 valence electrons. The van der Waals surface area contributed by atoms with Crippen molar-refractivity contribution in [2.24, 2.45) is 0 Å². The van der Waals surface area contributed by atoms with E-state index >= 15 is 0 Å². The van der Waals surface area contributed by atoms with E-state index in [0.717, 1.165) is 31.6 Å². The largest absolute Gasteiger partial charge is 0.375 e. The standard InChI is InChI=1S/C21H28N4O2/c26-21(23-18-8-4-5-9-18)20-15-24(14-19-10-11-22-25(19)20)12-13-27-16-17-6-2-1-3-7-17/h1-3,6-7,10-11,18,20H,4-5,8-9,12-16H2,(H,23,26)/t20-/m0/s1. The second kappa shape index (κ2) is 8.67. The van der Waals surface area contributed by atoms with E-state index in [1.165, 1.54) is 18.4 Å². The number of nitrogens with one attached hydrogen (secondary N) is 1. The van der Waals surface area contributed by atoms with Gasteiger partial charge in [-0.3, -0.25) is 14.4 Å². The molecule has 0 saturated heterocycles. The third-order valence-electron chi connectivity index (χ3n) is 5.53. The first-order chi connectivity index (χ1) is 13.3. The molecule has 0 radical (unpaired) electrons. The lowest BCUT2D eigenvalue weighted by Gasteiger charge is -2.33. The summed E-state index contributed by atoms with van der Waals surface area (Å²) in [6.45, 7) is 3.58. The molecule has 6 nitrogen and oxygen atoms in total. The number of nitrogens with zero attached hydrogens (tertiary/aromatic N) is 3. The summed E-state index contributed by atoms with van der Waals surface area (Å²) in [5.41, 5.74) is 2.28. The van der Waals surface area contributed by atoms with Gasteiger partial charge in [0.25, 0.3) is 0 Å². The molecule has 2 aliphatic rings.